The maximum atomic E-state index is 9.08. The summed E-state index contributed by atoms with van der Waals surface area (Å²) >= 11 is 0. The molecule has 1 atom stereocenters. The van der Waals surface area contributed by atoms with Gasteiger partial charge in [-0.3, -0.25) is 0 Å². The zero-order valence-electron chi connectivity index (χ0n) is 7.49. The van der Waals surface area contributed by atoms with Crippen molar-refractivity contribution in [3.63, 3.8) is 0 Å². The predicted octanol–water partition coefficient (Wildman–Crippen LogP) is 0.913. The van der Waals surface area contributed by atoms with Crippen LogP contribution >= 0.6 is 0 Å². The quantitative estimate of drug-likeness (QED) is 0.703. The van der Waals surface area contributed by atoms with E-state index in [1.807, 2.05) is 24.3 Å². The van der Waals surface area contributed by atoms with Crippen LogP contribution in [0.3, 0.4) is 0 Å². The van der Waals surface area contributed by atoms with Crippen molar-refractivity contribution in [1.82, 2.24) is 0 Å². The Hall–Kier alpha value is -1.06. The number of epoxide rings is 1. The number of ether oxygens (including phenoxy) is 2. The fourth-order valence-corrected chi connectivity index (χ4v) is 1.33. The van der Waals surface area contributed by atoms with Gasteiger partial charge in [0.15, 0.2) is 0 Å². The lowest BCUT2D eigenvalue weighted by atomic mass is 10.0. The summed E-state index contributed by atoms with van der Waals surface area (Å²) < 4.78 is 10.2. The Bertz CT molecular complexity index is 288. The minimum absolute atomic E-state index is 0.0410. The summed E-state index contributed by atoms with van der Waals surface area (Å²) in [6, 6.07) is 7.58. The fourth-order valence-electron chi connectivity index (χ4n) is 1.33. The van der Waals surface area contributed by atoms with Crippen molar-refractivity contribution in [3.05, 3.63) is 29.8 Å². The molecule has 0 spiro atoms. The Balaban J connectivity index is 2.23. The number of aliphatic hydroxyl groups is 1. The molecule has 1 heterocycles. The van der Waals surface area contributed by atoms with Gasteiger partial charge in [-0.15, -0.1) is 0 Å². The van der Waals surface area contributed by atoms with Crippen LogP contribution in [0.15, 0.2) is 24.3 Å². The molecule has 1 N–H and O–H groups in total. The summed E-state index contributed by atoms with van der Waals surface area (Å²) in [5.74, 6) is 0.817. The van der Waals surface area contributed by atoms with E-state index >= 15 is 0 Å². The lowest BCUT2D eigenvalue weighted by Gasteiger charge is -2.08. The summed E-state index contributed by atoms with van der Waals surface area (Å²) in [6.45, 7) is 0.648. The Kier molecular flexibility index (Phi) is 1.98. The molecule has 0 saturated carbocycles. The topological polar surface area (TPSA) is 42.0 Å². The molecule has 1 aliphatic heterocycles. The van der Waals surface area contributed by atoms with Crippen molar-refractivity contribution in [2.24, 2.45) is 0 Å². The van der Waals surface area contributed by atoms with Crippen LogP contribution in [0.4, 0.5) is 0 Å². The molecule has 2 rings (SSSR count). The molecule has 0 radical (unpaired) electrons. The van der Waals surface area contributed by atoms with Crippen LogP contribution in [0.2, 0.25) is 0 Å². The number of hydrogen-bond acceptors (Lipinski definition) is 3. The lowest BCUT2D eigenvalue weighted by Crippen LogP contribution is -2.13. The smallest absolute Gasteiger partial charge is 0.139 e. The highest BCUT2D eigenvalue weighted by atomic mass is 16.6. The van der Waals surface area contributed by atoms with Crippen LogP contribution in [-0.4, -0.2) is 25.4 Å². The number of methoxy groups -OCH3 is 1. The second-order valence-corrected chi connectivity index (χ2v) is 3.17. The summed E-state index contributed by atoms with van der Waals surface area (Å²) in [5, 5.41) is 9.08. The largest absolute Gasteiger partial charge is 0.497 e. The predicted molar refractivity (Wildman–Crippen MR) is 47.7 cm³/mol. The van der Waals surface area contributed by atoms with Crippen molar-refractivity contribution in [3.8, 4) is 5.75 Å². The SMILES string of the molecule is COc1ccc([C@@]2(CO)CO2)cc1. The third kappa shape index (κ3) is 1.41. The highest BCUT2D eigenvalue weighted by Gasteiger charge is 2.45. The van der Waals surface area contributed by atoms with Gasteiger partial charge >= 0.3 is 0 Å². The molecule has 0 aliphatic carbocycles. The molecule has 1 aliphatic rings. The van der Waals surface area contributed by atoms with Crippen molar-refractivity contribution in [2.75, 3.05) is 20.3 Å². The van der Waals surface area contributed by atoms with Crippen LogP contribution in [0.1, 0.15) is 5.56 Å². The molecule has 1 aromatic carbocycles. The van der Waals surface area contributed by atoms with Crippen LogP contribution in [0.5, 0.6) is 5.75 Å². The zero-order chi connectivity index (χ0) is 9.31. The fraction of sp³-hybridized carbons (Fsp3) is 0.400. The Morgan fingerprint density at radius 2 is 2.08 bits per heavy atom. The van der Waals surface area contributed by atoms with Gasteiger partial charge in [-0.2, -0.15) is 0 Å². The van der Waals surface area contributed by atoms with E-state index in [2.05, 4.69) is 0 Å². The second kappa shape index (κ2) is 3.01. The van der Waals surface area contributed by atoms with Gasteiger partial charge in [-0.25, -0.2) is 0 Å². The Labute approximate surface area is 76.9 Å². The monoisotopic (exact) mass is 180 g/mol. The van der Waals surface area contributed by atoms with E-state index in [9.17, 15) is 0 Å². The molecule has 3 heteroatoms. The van der Waals surface area contributed by atoms with Gasteiger partial charge in [0.1, 0.15) is 11.4 Å². The van der Waals surface area contributed by atoms with E-state index < -0.39 is 5.60 Å². The van der Waals surface area contributed by atoms with E-state index in [1.54, 1.807) is 7.11 Å². The Morgan fingerprint density at radius 1 is 1.46 bits per heavy atom. The first kappa shape index (κ1) is 8.53. The summed E-state index contributed by atoms with van der Waals surface area (Å²) in [7, 11) is 1.63. The number of rotatable bonds is 3. The molecule has 3 nitrogen and oxygen atoms in total. The molecular weight excluding hydrogens is 168 g/mol. The first-order chi connectivity index (χ1) is 6.30. The van der Waals surface area contributed by atoms with Gasteiger partial charge in [0.05, 0.1) is 20.3 Å². The number of benzene rings is 1. The van der Waals surface area contributed by atoms with Gasteiger partial charge < -0.3 is 14.6 Å². The molecule has 70 valence electrons. The second-order valence-electron chi connectivity index (χ2n) is 3.17. The Morgan fingerprint density at radius 3 is 2.46 bits per heavy atom. The normalized spacial score (nSPS) is 25.7. The van der Waals surface area contributed by atoms with Crippen molar-refractivity contribution < 1.29 is 14.6 Å². The third-order valence-electron chi connectivity index (χ3n) is 2.36. The number of aliphatic hydroxyl groups excluding tert-OH is 1. The maximum Gasteiger partial charge on any atom is 0.139 e. The van der Waals surface area contributed by atoms with Crippen molar-refractivity contribution in [2.45, 2.75) is 5.60 Å². The minimum atomic E-state index is -0.424. The zero-order valence-corrected chi connectivity index (χ0v) is 7.49. The summed E-state index contributed by atoms with van der Waals surface area (Å²) in [5.41, 5.74) is 0.586. The summed E-state index contributed by atoms with van der Waals surface area (Å²) in [6.07, 6.45) is 0. The summed E-state index contributed by atoms with van der Waals surface area (Å²) in [4.78, 5) is 0. The molecule has 0 unspecified atom stereocenters. The van der Waals surface area contributed by atoms with E-state index in [0.717, 1.165) is 11.3 Å². The lowest BCUT2D eigenvalue weighted by molar-refractivity contribution is 0.172. The molecule has 1 saturated heterocycles. The average Bonchev–Trinajstić information content (AvgIpc) is 2.99. The van der Waals surface area contributed by atoms with Crippen molar-refractivity contribution >= 4 is 0 Å². The van der Waals surface area contributed by atoms with Gasteiger partial charge in [0.25, 0.3) is 0 Å². The van der Waals surface area contributed by atoms with E-state index in [4.69, 9.17) is 14.6 Å². The highest BCUT2D eigenvalue weighted by molar-refractivity contribution is 5.33. The van der Waals surface area contributed by atoms with Crippen LogP contribution in [0, 0.1) is 0 Å². The number of hydrogen-bond donors (Lipinski definition) is 1. The first-order valence-corrected chi connectivity index (χ1v) is 4.20. The van der Waals surface area contributed by atoms with E-state index in [-0.39, 0.29) is 6.61 Å². The molecule has 0 aromatic heterocycles. The average molecular weight is 180 g/mol. The highest BCUT2D eigenvalue weighted by Crippen LogP contribution is 2.38. The first-order valence-electron chi connectivity index (χ1n) is 4.20. The van der Waals surface area contributed by atoms with Gasteiger partial charge in [-0.1, -0.05) is 12.1 Å². The van der Waals surface area contributed by atoms with Gasteiger partial charge in [0.2, 0.25) is 0 Å². The van der Waals surface area contributed by atoms with Crippen LogP contribution < -0.4 is 4.74 Å². The molecular formula is C10H12O3. The van der Waals surface area contributed by atoms with Gasteiger partial charge in [-0.05, 0) is 17.7 Å². The van der Waals surface area contributed by atoms with E-state index in [1.165, 1.54) is 0 Å². The molecule has 13 heavy (non-hydrogen) atoms. The third-order valence-corrected chi connectivity index (χ3v) is 2.36. The maximum absolute atomic E-state index is 9.08. The van der Waals surface area contributed by atoms with Crippen LogP contribution in [0.25, 0.3) is 0 Å². The standard InChI is InChI=1S/C10H12O3/c1-12-9-4-2-8(3-5-9)10(6-11)7-13-10/h2-5,11H,6-7H2,1H3/t10-/m1/s1. The van der Waals surface area contributed by atoms with E-state index in [0.29, 0.717) is 6.61 Å². The molecule has 1 aromatic rings. The molecule has 1 fully saturated rings. The van der Waals surface area contributed by atoms with Crippen LogP contribution in [-0.2, 0) is 10.3 Å². The molecule has 0 bridgehead atoms. The molecule has 0 amide bonds. The van der Waals surface area contributed by atoms with Crippen molar-refractivity contribution in [1.29, 1.82) is 0 Å². The minimum Gasteiger partial charge on any atom is -0.497 e. The van der Waals surface area contributed by atoms with Gasteiger partial charge in [0, 0.05) is 0 Å².